The maximum absolute atomic E-state index is 10.4. The van der Waals surface area contributed by atoms with Gasteiger partial charge in [0.05, 0.1) is 11.5 Å². The Kier molecular flexibility index (Phi) is 6.05. The molecule has 0 heterocycles. The topological polar surface area (TPSA) is 74.6 Å². The van der Waals surface area contributed by atoms with Crippen molar-refractivity contribution >= 4 is 35.5 Å². The molecule has 0 aromatic rings. The Hall–Kier alpha value is -0.360. The monoisotopic (exact) mass is 264 g/mol. The van der Waals surface area contributed by atoms with Gasteiger partial charge in [-0.05, 0) is 19.3 Å². The second kappa shape index (κ2) is 7.06. The Morgan fingerprint density at radius 3 is 1.81 bits per heavy atom. The van der Waals surface area contributed by atoms with Crippen LogP contribution >= 0.6 is 23.5 Å². The molecule has 0 saturated heterocycles. The zero-order valence-electron chi connectivity index (χ0n) is 8.92. The Labute approximate surface area is 103 Å². The van der Waals surface area contributed by atoms with E-state index in [1.54, 1.807) is 0 Å². The average Bonchev–Trinajstić information content (AvgIpc) is 2.24. The molecule has 2 atom stereocenters. The van der Waals surface area contributed by atoms with E-state index in [4.69, 9.17) is 10.2 Å². The minimum absolute atomic E-state index is 0.154. The fraction of sp³-hybridized carbons (Fsp3) is 0.800. The van der Waals surface area contributed by atoms with Crippen LogP contribution in [0.5, 0.6) is 0 Å². The molecule has 2 N–H and O–H groups in total. The van der Waals surface area contributed by atoms with Crippen LogP contribution in [0.2, 0.25) is 0 Å². The normalized spacial score (nSPS) is 25.2. The third-order valence-corrected chi connectivity index (χ3v) is 5.09. The third-order valence-electron chi connectivity index (χ3n) is 2.46. The summed E-state index contributed by atoms with van der Waals surface area (Å²) in [4.78, 5) is 20.9. The molecular weight excluding hydrogens is 248 g/mol. The summed E-state index contributed by atoms with van der Waals surface area (Å²) in [6.45, 7) is 0. The first kappa shape index (κ1) is 13.7. The molecule has 0 spiro atoms. The summed E-state index contributed by atoms with van der Waals surface area (Å²) >= 11 is 2.97. The zero-order valence-corrected chi connectivity index (χ0v) is 10.6. The van der Waals surface area contributed by atoms with Crippen LogP contribution in [-0.2, 0) is 9.59 Å². The molecule has 6 heteroatoms. The summed E-state index contributed by atoms with van der Waals surface area (Å²) in [6, 6.07) is 0. The van der Waals surface area contributed by atoms with Crippen molar-refractivity contribution in [3.05, 3.63) is 0 Å². The minimum atomic E-state index is -0.773. The van der Waals surface area contributed by atoms with Crippen molar-refractivity contribution in [1.29, 1.82) is 0 Å². The molecule has 0 aromatic carbocycles. The van der Waals surface area contributed by atoms with Gasteiger partial charge in [-0.15, -0.1) is 23.5 Å². The molecule has 0 aliphatic heterocycles. The molecule has 1 aliphatic rings. The minimum Gasteiger partial charge on any atom is -0.481 e. The van der Waals surface area contributed by atoms with Crippen LogP contribution in [-0.4, -0.2) is 44.2 Å². The van der Waals surface area contributed by atoms with Gasteiger partial charge in [-0.3, -0.25) is 9.59 Å². The van der Waals surface area contributed by atoms with Crippen molar-refractivity contribution in [3.8, 4) is 0 Å². The Morgan fingerprint density at radius 2 is 1.44 bits per heavy atom. The van der Waals surface area contributed by atoms with Gasteiger partial charge in [0.1, 0.15) is 0 Å². The second-order valence-electron chi connectivity index (χ2n) is 3.82. The predicted molar refractivity (Wildman–Crippen MR) is 66.2 cm³/mol. The summed E-state index contributed by atoms with van der Waals surface area (Å²) in [5.41, 5.74) is 0. The van der Waals surface area contributed by atoms with Crippen LogP contribution in [0.3, 0.4) is 0 Å². The quantitative estimate of drug-likeness (QED) is 0.763. The van der Waals surface area contributed by atoms with Gasteiger partial charge in [0.25, 0.3) is 0 Å². The number of rotatable bonds is 6. The van der Waals surface area contributed by atoms with E-state index in [9.17, 15) is 9.59 Å². The van der Waals surface area contributed by atoms with Crippen LogP contribution in [0.15, 0.2) is 0 Å². The lowest BCUT2D eigenvalue weighted by Gasteiger charge is -2.27. The molecule has 4 nitrogen and oxygen atoms in total. The fourth-order valence-electron chi connectivity index (χ4n) is 1.78. The first-order chi connectivity index (χ1) is 7.58. The lowest BCUT2D eigenvalue weighted by molar-refractivity contribution is -0.134. The molecule has 0 radical (unpaired) electrons. The largest absolute Gasteiger partial charge is 0.481 e. The maximum atomic E-state index is 10.4. The van der Waals surface area contributed by atoms with Crippen LogP contribution in [0.1, 0.15) is 25.7 Å². The van der Waals surface area contributed by atoms with Gasteiger partial charge in [-0.25, -0.2) is 0 Å². The summed E-state index contributed by atoms with van der Waals surface area (Å²) in [5, 5.41) is 17.9. The number of carboxylic acids is 2. The van der Waals surface area contributed by atoms with Crippen LogP contribution in [0.25, 0.3) is 0 Å². The molecule has 0 aromatic heterocycles. The molecule has 0 bridgehead atoms. The van der Waals surface area contributed by atoms with Crippen LogP contribution in [0.4, 0.5) is 0 Å². The zero-order chi connectivity index (χ0) is 12.0. The SMILES string of the molecule is O=C(O)CSC1CCCC(SCC(=O)O)C1. The molecule has 92 valence electrons. The van der Waals surface area contributed by atoms with E-state index in [2.05, 4.69) is 0 Å². The van der Waals surface area contributed by atoms with E-state index in [0.717, 1.165) is 25.7 Å². The molecule has 16 heavy (non-hydrogen) atoms. The molecule has 1 aliphatic carbocycles. The Bertz CT molecular complexity index is 233. The van der Waals surface area contributed by atoms with Crippen molar-refractivity contribution in [3.63, 3.8) is 0 Å². The first-order valence-corrected chi connectivity index (χ1v) is 7.34. The van der Waals surface area contributed by atoms with Gasteiger partial charge in [0.15, 0.2) is 0 Å². The summed E-state index contributed by atoms with van der Waals surface area (Å²) < 4.78 is 0. The average molecular weight is 264 g/mol. The molecule has 2 unspecified atom stereocenters. The summed E-state index contributed by atoms with van der Waals surface area (Å²) in [6.07, 6.45) is 4.13. The van der Waals surface area contributed by atoms with Crippen molar-refractivity contribution in [2.75, 3.05) is 11.5 Å². The highest BCUT2D eigenvalue weighted by Crippen LogP contribution is 2.34. The summed E-state index contributed by atoms with van der Waals surface area (Å²) in [5.74, 6) is -1.24. The first-order valence-electron chi connectivity index (χ1n) is 5.24. The highest BCUT2D eigenvalue weighted by molar-refractivity contribution is 8.01. The smallest absolute Gasteiger partial charge is 0.313 e. The van der Waals surface area contributed by atoms with E-state index in [1.165, 1.54) is 23.5 Å². The number of thioether (sulfide) groups is 2. The number of hydrogen-bond donors (Lipinski definition) is 2. The lowest BCUT2D eigenvalue weighted by Crippen LogP contribution is -2.21. The summed E-state index contributed by atoms with van der Waals surface area (Å²) in [7, 11) is 0. The van der Waals surface area contributed by atoms with Gasteiger partial charge >= 0.3 is 11.9 Å². The van der Waals surface area contributed by atoms with Gasteiger partial charge in [0, 0.05) is 10.5 Å². The molecule has 1 saturated carbocycles. The predicted octanol–water partition coefficient (Wildman–Crippen LogP) is 1.93. The highest BCUT2D eigenvalue weighted by atomic mass is 32.2. The van der Waals surface area contributed by atoms with E-state index in [0.29, 0.717) is 10.5 Å². The molecular formula is C10H16O4S2. The molecule has 1 rings (SSSR count). The molecule has 0 amide bonds. The number of carbonyl (C=O) groups is 2. The van der Waals surface area contributed by atoms with Crippen molar-refractivity contribution in [1.82, 2.24) is 0 Å². The second-order valence-corrected chi connectivity index (χ2v) is 6.40. The van der Waals surface area contributed by atoms with Gasteiger partial charge in [0.2, 0.25) is 0 Å². The van der Waals surface area contributed by atoms with Crippen LogP contribution < -0.4 is 0 Å². The maximum Gasteiger partial charge on any atom is 0.313 e. The number of aliphatic carboxylic acids is 2. The number of hydrogen-bond acceptors (Lipinski definition) is 4. The van der Waals surface area contributed by atoms with Crippen molar-refractivity contribution < 1.29 is 19.8 Å². The van der Waals surface area contributed by atoms with Gasteiger partial charge in [-0.1, -0.05) is 6.42 Å². The van der Waals surface area contributed by atoms with E-state index >= 15 is 0 Å². The van der Waals surface area contributed by atoms with Crippen LogP contribution in [0, 0.1) is 0 Å². The van der Waals surface area contributed by atoms with Crippen molar-refractivity contribution in [2.45, 2.75) is 36.2 Å². The van der Waals surface area contributed by atoms with E-state index < -0.39 is 11.9 Å². The van der Waals surface area contributed by atoms with E-state index in [-0.39, 0.29) is 11.5 Å². The Balaban J connectivity index is 2.24. The third kappa shape index (κ3) is 5.65. The van der Waals surface area contributed by atoms with Crippen molar-refractivity contribution in [2.24, 2.45) is 0 Å². The highest BCUT2D eigenvalue weighted by Gasteiger charge is 2.23. The lowest BCUT2D eigenvalue weighted by atomic mass is 10.00. The number of carboxylic acid groups (broad SMARTS) is 2. The van der Waals surface area contributed by atoms with E-state index in [1.807, 2.05) is 0 Å². The standard InChI is InChI=1S/C10H16O4S2/c11-9(12)5-15-7-2-1-3-8(4-7)16-6-10(13)14/h7-8H,1-6H2,(H,11,12)(H,13,14). The van der Waals surface area contributed by atoms with Gasteiger partial charge in [-0.2, -0.15) is 0 Å². The molecule has 1 fully saturated rings. The fourth-order valence-corrected chi connectivity index (χ4v) is 4.06. The Morgan fingerprint density at radius 1 is 1.00 bits per heavy atom. The van der Waals surface area contributed by atoms with Gasteiger partial charge < -0.3 is 10.2 Å².